The quantitative estimate of drug-likeness (QED) is 0.602. The zero-order valence-corrected chi connectivity index (χ0v) is 18.1. The van der Waals surface area contributed by atoms with Crippen molar-refractivity contribution in [3.8, 4) is 0 Å². The van der Waals surface area contributed by atoms with Gasteiger partial charge in [0.25, 0.3) is 5.91 Å². The highest BCUT2D eigenvalue weighted by Crippen LogP contribution is 2.30. The van der Waals surface area contributed by atoms with Crippen molar-refractivity contribution in [2.75, 3.05) is 31.1 Å². The van der Waals surface area contributed by atoms with Crippen molar-refractivity contribution in [2.45, 2.75) is 19.0 Å². The van der Waals surface area contributed by atoms with Gasteiger partial charge in [0, 0.05) is 48.3 Å². The minimum Gasteiger partial charge on any atom is -0.369 e. The van der Waals surface area contributed by atoms with Crippen LogP contribution in [0.1, 0.15) is 28.2 Å². The fraction of sp³-hybridized carbons (Fsp3) is 0.292. The predicted octanol–water partition coefficient (Wildman–Crippen LogP) is 4.71. The van der Waals surface area contributed by atoms with Crippen molar-refractivity contribution in [3.05, 3.63) is 88.1 Å². The number of hydrogen-bond donors (Lipinski definition) is 1. The molecule has 1 N–H and O–H groups in total. The molecule has 7 heteroatoms. The maximum absolute atomic E-state index is 13.2. The van der Waals surface area contributed by atoms with Gasteiger partial charge < -0.3 is 10.2 Å². The number of piperazine rings is 1. The van der Waals surface area contributed by atoms with Crippen LogP contribution in [-0.4, -0.2) is 43.0 Å². The van der Waals surface area contributed by atoms with Crippen molar-refractivity contribution in [3.63, 3.8) is 0 Å². The SMILES string of the molecule is C[C@@H](NC(=O)c1ccc(F)cc1)[C@H](c1cccs1)N1CCN(c2ccc(F)cc2)CC1. The van der Waals surface area contributed by atoms with Gasteiger partial charge in [0.1, 0.15) is 11.6 Å². The molecular weight excluding hydrogens is 416 g/mol. The Kier molecular flexibility index (Phi) is 6.63. The summed E-state index contributed by atoms with van der Waals surface area (Å²) in [7, 11) is 0. The van der Waals surface area contributed by atoms with E-state index in [1.165, 1.54) is 41.3 Å². The lowest BCUT2D eigenvalue weighted by Crippen LogP contribution is -2.52. The molecule has 0 saturated carbocycles. The van der Waals surface area contributed by atoms with Crippen molar-refractivity contribution in [1.29, 1.82) is 0 Å². The highest BCUT2D eigenvalue weighted by atomic mass is 32.1. The van der Waals surface area contributed by atoms with Crippen molar-refractivity contribution < 1.29 is 13.6 Å². The molecule has 4 rings (SSSR count). The summed E-state index contributed by atoms with van der Waals surface area (Å²) >= 11 is 1.68. The molecule has 1 amide bonds. The smallest absolute Gasteiger partial charge is 0.251 e. The van der Waals surface area contributed by atoms with Crippen LogP contribution in [0.3, 0.4) is 0 Å². The minimum atomic E-state index is -0.361. The van der Waals surface area contributed by atoms with E-state index in [1.807, 2.05) is 30.5 Å². The minimum absolute atomic E-state index is 0.0415. The Labute approximate surface area is 185 Å². The summed E-state index contributed by atoms with van der Waals surface area (Å²) in [5.74, 6) is -0.801. The molecule has 2 atom stereocenters. The zero-order valence-electron chi connectivity index (χ0n) is 17.3. The van der Waals surface area contributed by atoms with Crippen molar-refractivity contribution in [1.82, 2.24) is 10.2 Å². The fourth-order valence-electron chi connectivity index (χ4n) is 4.08. The summed E-state index contributed by atoms with van der Waals surface area (Å²) in [6, 6.07) is 16.2. The molecule has 1 aromatic heterocycles. The number of nitrogens with one attached hydrogen (secondary N) is 1. The first kappa shape index (κ1) is 21.5. The maximum Gasteiger partial charge on any atom is 0.251 e. The van der Waals surface area contributed by atoms with E-state index in [0.717, 1.165) is 31.9 Å². The van der Waals surface area contributed by atoms with Crippen LogP contribution in [0.5, 0.6) is 0 Å². The van der Waals surface area contributed by atoms with E-state index in [-0.39, 0.29) is 29.6 Å². The van der Waals surface area contributed by atoms with E-state index < -0.39 is 0 Å². The van der Waals surface area contributed by atoms with Gasteiger partial charge in [-0.3, -0.25) is 9.69 Å². The lowest BCUT2D eigenvalue weighted by atomic mass is 10.0. The van der Waals surface area contributed by atoms with Gasteiger partial charge in [0.15, 0.2) is 0 Å². The number of carbonyl (C=O) groups excluding carboxylic acids is 1. The summed E-state index contributed by atoms with van der Waals surface area (Å²) in [5.41, 5.74) is 1.46. The Balaban J connectivity index is 1.45. The molecule has 162 valence electrons. The van der Waals surface area contributed by atoms with Gasteiger partial charge in [-0.05, 0) is 66.9 Å². The van der Waals surface area contributed by atoms with Crippen LogP contribution < -0.4 is 10.2 Å². The molecule has 1 aliphatic rings. The second kappa shape index (κ2) is 9.58. The Morgan fingerprint density at radius 2 is 1.55 bits per heavy atom. The number of nitrogens with zero attached hydrogens (tertiary/aromatic N) is 2. The average molecular weight is 442 g/mol. The van der Waals surface area contributed by atoms with Crippen LogP contribution in [0.25, 0.3) is 0 Å². The van der Waals surface area contributed by atoms with Gasteiger partial charge in [-0.2, -0.15) is 0 Å². The number of amides is 1. The van der Waals surface area contributed by atoms with Gasteiger partial charge in [-0.15, -0.1) is 11.3 Å². The molecule has 1 aliphatic heterocycles. The van der Waals surface area contributed by atoms with E-state index in [0.29, 0.717) is 5.56 Å². The lowest BCUT2D eigenvalue weighted by molar-refractivity contribution is 0.0890. The van der Waals surface area contributed by atoms with Crippen molar-refractivity contribution in [2.24, 2.45) is 0 Å². The van der Waals surface area contributed by atoms with Gasteiger partial charge in [-0.25, -0.2) is 8.78 Å². The third-order valence-electron chi connectivity index (χ3n) is 5.67. The van der Waals surface area contributed by atoms with Crippen LogP contribution in [-0.2, 0) is 0 Å². The molecule has 1 fully saturated rings. The largest absolute Gasteiger partial charge is 0.369 e. The summed E-state index contributed by atoms with van der Waals surface area (Å²) in [6.07, 6.45) is 0. The first-order valence-electron chi connectivity index (χ1n) is 10.4. The number of halogens is 2. The Morgan fingerprint density at radius 3 is 2.13 bits per heavy atom. The topological polar surface area (TPSA) is 35.6 Å². The van der Waals surface area contributed by atoms with Crippen LogP contribution in [0.4, 0.5) is 14.5 Å². The molecule has 1 saturated heterocycles. The molecule has 0 aliphatic carbocycles. The molecule has 31 heavy (non-hydrogen) atoms. The Hall–Kier alpha value is -2.77. The van der Waals surface area contributed by atoms with Crippen molar-refractivity contribution >= 4 is 22.9 Å². The summed E-state index contributed by atoms with van der Waals surface area (Å²) < 4.78 is 26.4. The third-order valence-corrected chi connectivity index (χ3v) is 6.62. The van der Waals surface area contributed by atoms with Crippen LogP contribution in [0.15, 0.2) is 66.0 Å². The first-order chi connectivity index (χ1) is 15.0. The van der Waals surface area contributed by atoms with E-state index in [9.17, 15) is 13.6 Å². The van der Waals surface area contributed by atoms with Gasteiger partial charge in [0.2, 0.25) is 0 Å². The van der Waals surface area contributed by atoms with E-state index in [1.54, 1.807) is 11.3 Å². The Bertz CT molecular complexity index is 985. The van der Waals surface area contributed by atoms with Gasteiger partial charge in [-0.1, -0.05) is 6.07 Å². The molecule has 0 radical (unpaired) electrons. The summed E-state index contributed by atoms with van der Waals surface area (Å²) in [6.45, 7) is 5.32. The van der Waals surface area contributed by atoms with Crippen LogP contribution >= 0.6 is 11.3 Å². The highest BCUT2D eigenvalue weighted by molar-refractivity contribution is 7.10. The molecule has 2 heterocycles. The molecule has 0 spiro atoms. The predicted molar refractivity (Wildman–Crippen MR) is 121 cm³/mol. The average Bonchev–Trinajstić information content (AvgIpc) is 3.30. The lowest BCUT2D eigenvalue weighted by Gasteiger charge is -2.42. The molecular formula is C24H25F2N3OS. The third kappa shape index (κ3) is 5.11. The molecule has 0 unspecified atom stereocenters. The second-order valence-electron chi connectivity index (χ2n) is 7.73. The monoisotopic (exact) mass is 441 g/mol. The normalized spacial score (nSPS) is 16.7. The van der Waals surface area contributed by atoms with Crippen LogP contribution in [0.2, 0.25) is 0 Å². The number of thiophene rings is 1. The fourth-order valence-corrected chi connectivity index (χ4v) is 5.05. The molecule has 2 aromatic carbocycles. The number of rotatable bonds is 6. The summed E-state index contributed by atoms with van der Waals surface area (Å²) in [5, 5.41) is 5.15. The highest BCUT2D eigenvalue weighted by Gasteiger charge is 2.31. The zero-order chi connectivity index (χ0) is 21.8. The standard InChI is InChI=1S/C24H25F2N3OS/c1-17(27-24(30)18-4-6-19(25)7-5-18)23(22-3-2-16-31-22)29-14-12-28(13-15-29)21-10-8-20(26)9-11-21/h2-11,16-17,23H,12-15H2,1H3,(H,27,30)/t17-,23-/m1/s1. The second-order valence-corrected chi connectivity index (χ2v) is 8.71. The van der Waals surface area contributed by atoms with E-state index >= 15 is 0 Å². The Morgan fingerprint density at radius 1 is 0.935 bits per heavy atom. The number of anilines is 1. The summed E-state index contributed by atoms with van der Waals surface area (Å²) in [4.78, 5) is 18.5. The molecule has 0 bridgehead atoms. The first-order valence-corrected chi connectivity index (χ1v) is 11.2. The molecule has 3 aromatic rings. The number of benzene rings is 2. The number of carbonyl (C=O) groups is 1. The number of hydrogen-bond acceptors (Lipinski definition) is 4. The maximum atomic E-state index is 13.2. The van der Waals surface area contributed by atoms with E-state index in [2.05, 4.69) is 21.2 Å². The molecule has 4 nitrogen and oxygen atoms in total. The van der Waals surface area contributed by atoms with E-state index in [4.69, 9.17) is 0 Å². The van der Waals surface area contributed by atoms with Crippen LogP contribution in [0, 0.1) is 11.6 Å². The van der Waals surface area contributed by atoms with Gasteiger partial charge in [0.05, 0.1) is 6.04 Å². The van der Waals surface area contributed by atoms with Gasteiger partial charge >= 0.3 is 0 Å².